The molecule has 2 rings (SSSR count). The molecule has 0 unspecified atom stereocenters. The Hall–Kier alpha value is -1.52. The van der Waals surface area contributed by atoms with Crippen LogP contribution < -0.4 is 5.32 Å². The van der Waals surface area contributed by atoms with Gasteiger partial charge < -0.3 is 10.1 Å². The molecule has 0 aliphatic carbocycles. The van der Waals surface area contributed by atoms with Gasteiger partial charge in [-0.3, -0.25) is 0 Å². The molecule has 1 heterocycles. The van der Waals surface area contributed by atoms with E-state index in [4.69, 9.17) is 0 Å². The van der Waals surface area contributed by atoms with Crippen molar-refractivity contribution in [2.24, 2.45) is 0 Å². The molecule has 0 bridgehead atoms. The lowest BCUT2D eigenvalue weighted by atomic mass is 10.0. The van der Waals surface area contributed by atoms with Gasteiger partial charge in [0.25, 0.3) is 0 Å². The Morgan fingerprint density at radius 2 is 2.11 bits per heavy atom. The van der Waals surface area contributed by atoms with Crippen molar-refractivity contribution in [1.82, 2.24) is 10.3 Å². The van der Waals surface area contributed by atoms with Gasteiger partial charge in [-0.25, -0.2) is 4.98 Å². The largest absolute Gasteiger partial charge is 0.313 e. The maximum Gasteiger partial charge on any atom is 0.121 e. The summed E-state index contributed by atoms with van der Waals surface area (Å²) in [4.78, 5) is 16.1. The highest BCUT2D eigenvalue weighted by atomic mass is 32.1. The number of aromatic nitrogens is 1. The van der Waals surface area contributed by atoms with Crippen molar-refractivity contribution >= 4 is 17.6 Å². The Balaban J connectivity index is 2.24. The zero-order valence-electron chi connectivity index (χ0n) is 10.5. The molecule has 0 spiro atoms. The van der Waals surface area contributed by atoms with E-state index in [2.05, 4.69) is 34.6 Å². The van der Waals surface area contributed by atoms with Crippen molar-refractivity contribution in [1.29, 1.82) is 0 Å². The lowest BCUT2D eigenvalue weighted by molar-refractivity contribution is -0.108. The first-order chi connectivity index (χ1) is 8.76. The molecule has 0 saturated heterocycles. The van der Waals surface area contributed by atoms with Gasteiger partial charge in [0, 0.05) is 12.5 Å². The van der Waals surface area contributed by atoms with Crippen LogP contribution in [0.5, 0.6) is 0 Å². The summed E-state index contributed by atoms with van der Waals surface area (Å²) in [7, 11) is 1.87. The second kappa shape index (κ2) is 5.89. The van der Waals surface area contributed by atoms with Gasteiger partial charge in [0.2, 0.25) is 0 Å². The van der Waals surface area contributed by atoms with Crippen molar-refractivity contribution in [3.8, 4) is 10.4 Å². The molecule has 3 nitrogen and oxygen atoms in total. The zero-order chi connectivity index (χ0) is 13.0. The van der Waals surface area contributed by atoms with Crippen LogP contribution in [0.1, 0.15) is 23.7 Å². The summed E-state index contributed by atoms with van der Waals surface area (Å²) in [6.07, 6.45) is 1.44. The third-order valence-electron chi connectivity index (χ3n) is 3.00. The van der Waals surface area contributed by atoms with Crippen LogP contribution in [0.25, 0.3) is 10.4 Å². The van der Waals surface area contributed by atoms with E-state index in [1.807, 2.05) is 19.5 Å². The van der Waals surface area contributed by atoms with Crippen LogP contribution in [-0.2, 0) is 4.79 Å². The van der Waals surface area contributed by atoms with Crippen LogP contribution in [-0.4, -0.2) is 18.3 Å². The number of aldehydes is 1. The van der Waals surface area contributed by atoms with Crippen LogP contribution in [0, 0.1) is 6.92 Å². The van der Waals surface area contributed by atoms with E-state index in [1.54, 1.807) is 11.3 Å². The predicted molar refractivity (Wildman–Crippen MR) is 74.8 cm³/mol. The van der Waals surface area contributed by atoms with E-state index in [0.717, 1.165) is 17.5 Å². The minimum absolute atomic E-state index is 0.0964. The fraction of sp³-hybridized carbons (Fsp3) is 0.286. The predicted octanol–water partition coefficient (Wildman–Crippen LogP) is 2.97. The Morgan fingerprint density at radius 3 is 2.61 bits per heavy atom. The lowest BCUT2D eigenvalue weighted by Crippen LogP contribution is -2.16. The fourth-order valence-corrected chi connectivity index (χ4v) is 2.77. The van der Waals surface area contributed by atoms with E-state index in [0.29, 0.717) is 6.42 Å². The van der Waals surface area contributed by atoms with E-state index < -0.39 is 0 Å². The quantitative estimate of drug-likeness (QED) is 0.840. The summed E-state index contributed by atoms with van der Waals surface area (Å²) in [6.45, 7) is 2.02. The van der Waals surface area contributed by atoms with Gasteiger partial charge in [-0.05, 0) is 25.1 Å². The average molecular weight is 260 g/mol. The smallest absolute Gasteiger partial charge is 0.121 e. The van der Waals surface area contributed by atoms with Gasteiger partial charge in [0.1, 0.15) is 6.29 Å². The summed E-state index contributed by atoms with van der Waals surface area (Å²) in [5, 5.41) is 3.14. The number of nitrogens with one attached hydrogen (secondary N) is 1. The standard InChI is InChI=1S/C14H16N2OS/c1-10-14(18-9-16-10)12-5-3-11(4-6-12)13(15-2)7-8-17/h3-6,8-9,13,15H,7H2,1-2H3/t13-/m0/s1. The van der Waals surface area contributed by atoms with E-state index in [1.165, 1.54) is 10.4 Å². The van der Waals surface area contributed by atoms with Crippen LogP contribution in [0.15, 0.2) is 29.8 Å². The van der Waals surface area contributed by atoms with Gasteiger partial charge in [-0.2, -0.15) is 0 Å². The minimum Gasteiger partial charge on any atom is -0.313 e. The highest BCUT2D eigenvalue weighted by Gasteiger charge is 2.09. The number of nitrogens with zero attached hydrogens (tertiary/aromatic N) is 1. The zero-order valence-corrected chi connectivity index (χ0v) is 11.3. The molecule has 0 fully saturated rings. The molecule has 4 heteroatoms. The number of carbonyl (C=O) groups excluding carboxylic acids is 1. The highest BCUT2D eigenvalue weighted by Crippen LogP contribution is 2.28. The maximum absolute atomic E-state index is 10.6. The van der Waals surface area contributed by atoms with Gasteiger partial charge in [0.05, 0.1) is 16.1 Å². The average Bonchev–Trinajstić information content (AvgIpc) is 2.82. The first-order valence-corrected chi connectivity index (χ1v) is 6.75. The summed E-state index contributed by atoms with van der Waals surface area (Å²) in [6, 6.07) is 8.41. The Morgan fingerprint density at radius 1 is 1.39 bits per heavy atom. The number of hydrogen-bond acceptors (Lipinski definition) is 4. The molecule has 0 amide bonds. The summed E-state index contributed by atoms with van der Waals surface area (Å²) >= 11 is 1.65. The summed E-state index contributed by atoms with van der Waals surface area (Å²) in [5.74, 6) is 0. The molecule has 18 heavy (non-hydrogen) atoms. The first kappa shape index (κ1) is 12.9. The monoisotopic (exact) mass is 260 g/mol. The van der Waals surface area contributed by atoms with Crippen LogP contribution in [0.4, 0.5) is 0 Å². The van der Waals surface area contributed by atoms with Gasteiger partial charge in [-0.15, -0.1) is 11.3 Å². The van der Waals surface area contributed by atoms with Crippen LogP contribution >= 0.6 is 11.3 Å². The number of rotatable bonds is 5. The van der Waals surface area contributed by atoms with Crippen LogP contribution in [0.2, 0.25) is 0 Å². The minimum atomic E-state index is 0.0964. The summed E-state index contributed by atoms with van der Waals surface area (Å²) < 4.78 is 0. The highest BCUT2D eigenvalue weighted by molar-refractivity contribution is 7.13. The molecule has 1 atom stereocenters. The van der Waals surface area contributed by atoms with E-state index >= 15 is 0 Å². The molecule has 1 aromatic carbocycles. The van der Waals surface area contributed by atoms with Crippen molar-refractivity contribution in [3.05, 3.63) is 41.0 Å². The number of hydrogen-bond donors (Lipinski definition) is 1. The van der Waals surface area contributed by atoms with Gasteiger partial charge >= 0.3 is 0 Å². The topological polar surface area (TPSA) is 42.0 Å². The Bertz CT molecular complexity index is 519. The molecule has 0 aliphatic heterocycles. The van der Waals surface area contributed by atoms with Gasteiger partial charge in [-0.1, -0.05) is 24.3 Å². The third-order valence-corrected chi connectivity index (χ3v) is 3.98. The molecule has 94 valence electrons. The molecule has 2 aromatic rings. The third kappa shape index (κ3) is 2.66. The second-order valence-corrected chi connectivity index (χ2v) is 4.99. The summed E-state index contributed by atoms with van der Waals surface area (Å²) in [5.41, 5.74) is 5.24. The molecule has 1 N–H and O–H groups in total. The molecule has 1 aromatic heterocycles. The normalized spacial score (nSPS) is 12.3. The van der Waals surface area contributed by atoms with E-state index in [-0.39, 0.29) is 6.04 Å². The van der Waals surface area contributed by atoms with E-state index in [9.17, 15) is 4.79 Å². The second-order valence-electron chi connectivity index (χ2n) is 4.13. The Kier molecular flexibility index (Phi) is 4.23. The molecular formula is C14H16N2OS. The van der Waals surface area contributed by atoms with Gasteiger partial charge in [0.15, 0.2) is 0 Å². The van der Waals surface area contributed by atoms with Crippen LogP contribution in [0.3, 0.4) is 0 Å². The molecular weight excluding hydrogens is 244 g/mol. The van der Waals surface area contributed by atoms with Crippen molar-refractivity contribution in [3.63, 3.8) is 0 Å². The molecule has 0 aliphatic rings. The number of thiazole rings is 1. The molecule has 0 saturated carbocycles. The SMILES string of the molecule is CN[C@@H](CC=O)c1ccc(-c2scnc2C)cc1. The number of benzene rings is 1. The van der Waals surface area contributed by atoms with Crippen molar-refractivity contribution in [2.75, 3.05) is 7.05 Å². The maximum atomic E-state index is 10.6. The Labute approximate surface area is 111 Å². The number of aryl methyl sites for hydroxylation is 1. The van der Waals surface area contributed by atoms with Crippen molar-refractivity contribution in [2.45, 2.75) is 19.4 Å². The lowest BCUT2D eigenvalue weighted by Gasteiger charge is -2.13. The number of carbonyl (C=O) groups is 1. The fourth-order valence-electron chi connectivity index (χ4n) is 1.96. The van der Waals surface area contributed by atoms with Crippen molar-refractivity contribution < 1.29 is 4.79 Å². The molecule has 0 radical (unpaired) electrons. The first-order valence-electron chi connectivity index (χ1n) is 5.87.